The number of hydrogen-bond donors (Lipinski definition) is 1. The summed E-state index contributed by atoms with van der Waals surface area (Å²) < 4.78 is 0. The van der Waals surface area contributed by atoms with Gasteiger partial charge in [-0.25, -0.2) is 0 Å². The highest BCUT2D eigenvalue weighted by Crippen LogP contribution is 2.28. The standard InChI is InChI=1S/C14H25N/c1-12(11-13-7-5-6-8-13)15-14-9-3-2-4-10-14/h2-3,12-15H,4-11H2,1H3. The molecular formula is C14H25N. The summed E-state index contributed by atoms with van der Waals surface area (Å²) in [5.74, 6) is 1.02. The molecule has 1 heteroatoms. The lowest BCUT2D eigenvalue weighted by Gasteiger charge is -2.25. The van der Waals surface area contributed by atoms with Crippen molar-refractivity contribution in [3.63, 3.8) is 0 Å². The SMILES string of the molecule is CC(CC1CCCC1)NC1CC=CCC1. The van der Waals surface area contributed by atoms with E-state index in [9.17, 15) is 0 Å². The van der Waals surface area contributed by atoms with E-state index in [4.69, 9.17) is 0 Å². The van der Waals surface area contributed by atoms with Crippen molar-refractivity contribution in [2.45, 2.75) is 70.4 Å². The Balaban J connectivity index is 1.66. The van der Waals surface area contributed by atoms with Crippen LogP contribution in [0.5, 0.6) is 0 Å². The third-order valence-corrected chi connectivity index (χ3v) is 3.95. The van der Waals surface area contributed by atoms with Crippen molar-refractivity contribution in [2.75, 3.05) is 0 Å². The van der Waals surface area contributed by atoms with Crippen LogP contribution in [0.15, 0.2) is 12.2 Å². The minimum atomic E-state index is 0.726. The minimum Gasteiger partial charge on any atom is -0.311 e. The normalized spacial score (nSPS) is 29.5. The zero-order valence-electron chi connectivity index (χ0n) is 10.0. The van der Waals surface area contributed by atoms with Gasteiger partial charge >= 0.3 is 0 Å². The molecule has 86 valence electrons. The second-order valence-corrected chi connectivity index (χ2v) is 5.44. The molecule has 0 aliphatic heterocycles. The number of rotatable bonds is 4. The summed E-state index contributed by atoms with van der Waals surface area (Å²) in [7, 11) is 0. The molecule has 2 rings (SSSR count). The summed E-state index contributed by atoms with van der Waals surface area (Å²) >= 11 is 0. The molecule has 0 amide bonds. The summed E-state index contributed by atoms with van der Waals surface area (Å²) in [6, 6.07) is 1.48. The van der Waals surface area contributed by atoms with Crippen LogP contribution in [0, 0.1) is 5.92 Å². The lowest BCUT2D eigenvalue weighted by molar-refractivity contribution is 0.354. The van der Waals surface area contributed by atoms with Gasteiger partial charge in [-0.15, -0.1) is 0 Å². The Hall–Kier alpha value is -0.300. The van der Waals surface area contributed by atoms with Gasteiger partial charge in [0.05, 0.1) is 0 Å². The molecule has 1 saturated carbocycles. The molecule has 0 aromatic heterocycles. The topological polar surface area (TPSA) is 12.0 Å². The molecule has 0 bridgehead atoms. The molecule has 1 nitrogen and oxygen atoms in total. The van der Waals surface area contributed by atoms with Crippen LogP contribution in [0.2, 0.25) is 0 Å². The Morgan fingerprint density at radius 2 is 2.00 bits per heavy atom. The van der Waals surface area contributed by atoms with Gasteiger partial charge in [0, 0.05) is 12.1 Å². The van der Waals surface area contributed by atoms with Crippen molar-refractivity contribution in [1.29, 1.82) is 0 Å². The maximum atomic E-state index is 3.79. The number of allylic oxidation sites excluding steroid dienone is 1. The highest BCUT2D eigenvalue weighted by molar-refractivity contribution is 4.93. The van der Waals surface area contributed by atoms with Gasteiger partial charge in [-0.2, -0.15) is 0 Å². The molecule has 2 atom stereocenters. The first kappa shape index (κ1) is 11.2. The molecule has 0 radical (unpaired) electrons. The Kier molecular flexibility index (Phi) is 4.25. The van der Waals surface area contributed by atoms with Crippen LogP contribution in [0.4, 0.5) is 0 Å². The van der Waals surface area contributed by atoms with Gasteiger partial charge in [0.1, 0.15) is 0 Å². The van der Waals surface area contributed by atoms with Crippen molar-refractivity contribution in [1.82, 2.24) is 5.32 Å². The molecule has 15 heavy (non-hydrogen) atoms. The van der Waals surface area contributed by atoms with E-state index in [1.807, 2.05) is 0 Å². The molecule has 0 saturated heterocycles. The van der Waals surface area contributed by atoms with Crippen LogP contribution in [-0.2, 0) is 0 Å². The Labute approximate surface area is 94.3 Å². The monoisotopic (exact) mass is 207 g/mol. The zero-order valence-corrected chi connectivity index (χ0v) is 10.0. The highest BCUT2D eigenvalue weighted by atomic mass is 14.9. The number of hydrogen-bond acceptors (Lipinski definition) is 1. The lowest BCUT2D eigenvalue weighted by Crippen LogP contribution is -2.37. The predicted octanol–water partition coefficient (Wildman–Crippen LogP) is 3.65. The first-order chi connectivity index (χ1) is 7.34. The van der Waals surface area contributed by atoms with E-state index in [0.717, 1.165) is 18.0 Å². The van der Waals surface area contributed by atoms with E-state index in [1.54, 1.807) is 0 Å². The molecule has 1 N–H and O–H groups in total. The van der Waals surface area contributed by atoms with Gasteiger partial charge in [0.25, 0.3) is 0 Å². The molecule has 0 aromatic carbocycles. The maximum Gasteiger partial charge on any atom is 0.0107 e. The predicted molar refractivity (Wildman–Crippen MR) is 66.0 cm³/mol. The number of nitrogens with one attached hydrogen (secondary N) is 1. The van der Waals surface area contributed by atoms with Crippen LogP contribution < -0.4 is 5.32 Å². The molecule has 0 spiro atoms. The van der Waals surface area contributed by atoms with Crippen LogP contribution in [0.1, 0.15) is 58.3 Å². The third kappa shape index (κ3) is 3.64. The lowest BCUT2D eigenvalue weighted by atomic mass is 9.96. The summed E-state index contributed by atoms with van der Waals surface area (Å²) in [4.78, 5) is 0. The fourth-order valence-electron chi connectivity index (χ4n) is 3.16. The molecular weight excluding hydrogens is 182 g/mol. The zero-order chi connectivity index (χ0) is 10.5. The largest absolute Gasteiger partial charge is 0.311 e. The Morgan fingerprint density at radius 3 is 2.67 bits per heavy atom. The van der Waals surface area contributed by atoms with E-state index >= 15 is 0 Å². The minimum absolute atomic E-state index is 0.726. The Bertz CT molecular complexity index is 203. The molecule has 2 unspecified atom stereocenters. The van der Waals surface area contributed by atoms with Crippen LogP contribution >= 0.6 is 0 Å². The summed E-state index contributed by atoms with van der Waals surface area (Å²) in [5.41, 5.74) is 0. The van der Waals surface area contributed by atoms with Crippen molar-refractivity contribution in [3.8, 4) is 0 Å². The second-order valence-electron chi connectivity index (χ2n) is 5.44. The van der Waals surface area contributed by atoms with Crippen LogP contribution in [-0.4, -0.2) is 12.1 Å². The third-order valence-electron chi connectivity index (χ3n) is 3.95. The van der Waals surface area contributed by atoms with Gasteiger partial charge in [-0.1, -0.05) is 37.8 Å². The Morgan fingerprint density at radius 1 is 1.20 bits per heavy atom. The molecule has 1 fully saturated rings. The van der Waals surface area contributed by atoms with Gasteiger partial charge in [-0.05, 0) is 38.5 Å². The van der Waals surface area contributed by atoms with E-state index in [2.05, 4.69) is 24.4 Å². The maximum absolute atomic E-state index is 3.79. The first-order valence-electron chi connectivity index (χ1n) is 6.75. The van der Waals surface area contributed by atoms with Crippen molar-refractivity contribution in [2.24, 2.45) is 5.92 Å². The fraction of sp³-hybridized carbons (Fsp3) is 0.857. The molecule has 2 aliphatic rings. The second kappa shape index (κ2) is 5.69. The first-order valence-corrected chi connectivity index (χ1v) is 6.75. The van der Waals surface area contributed by atoms with E-state index < -0.39 is 0 Å². The molecule has 2 aliphatic carbocycles. The van der Waals surface area contributed by atoms with Crippen molar-refractivity contribution < 1.29 is 0 Å². The van der Waals surface area contributed by atoms with Crippen LogP contribution in [0.25, 0.3) is 0 Å². The van der Waals surface area contributed by atoms with Gasteiger partial charge < -0.3 is 5.32 Å². The van der Waals surface area contributed by atoms with Gasteiger partial charge in [-0.3, -0.25) is 0 Å². The average molecular weight is 207 g/mol. The summed E-state index contributed by atoms with van der Waals surface area (Å²) in [5, 5.41) is 3.79. The summed E-state index contributed by atoms with van der Waals surface area (Å²) in [6.07, 6.45) is 15.8. The van der Waals surface area contributed by atoms with E-state index in [-0.39, 0.29) is 0 Å². The quantitative estimate of drug-likeness (QED) is 0.694. The van der Waals surface area contributed by atoms with Gasteiger partial charge in [0.15, 0.2) is 0 Å². The van der Waals surface area contributed by atoms with E-state index in [1.165, 1.54) is 51.4 Å². The van der Waals surface area contributed by atoms with Crippen molar-refractivity contribution >= 4 is 0 Å². The average Bonchev–Trinajstić information content (AvgIpc) is 2.71. The smallest absolute Gasteiger partial charge is 0.0107 e. The van der Waals surface area contributed by atoms with Crippen LogP contribution in [0.3, 0.4) is 0 Å². The van der Waals surface area contributed by atoms with Gasteiger partial charge in [0.2, 0.25) is 0 Å². The van der Waals surface area contributed by atoms with E-state index in [0.29, 0.717) is 0 Å². The van der Waals surface area contributed by atoms with Crippen molar-refractivity contribution in [3.05, 3.63) is 12.2 Å². The fourth-order valence-corrected chi connectivity index (χ4v) is 3.16. The molecule has 0 heterocycles. The summed E-state index contributed by atoms with van der Waals surface area (Å²) in [6.45, 7) is 2.37. The molecule has 0 aromatic rings. The highest BCUT2D eigenvalue weighted by Gasteiger charge is 2.19.